The molecule has 2 N–H and O–H groups in total. The lowest BCUT2D eigenvalue weighted by Crippen LogP contribution is -2.37. The van der Waals surface area contributed by atoms with Gasteiger partial charge in [0.25, 0.3) is 5.91 Å². The highest BCUT2D eigenvalue weighted by Gasteiger charge is 2.07. The predicted molar refractivity (Wildman–Crippen MR) is 105 cm³/mol. The molecule has 126 valence electrons. The zero-order chi connectivity index (χ0) is 17.6. The van der Waals surface area contributed by atoms with Gasteiger partial charge in [0.05, 0.1) is 0 Å². The Labute approximate surface area is 151 Å². The minimum Gasteiger partial charge on any atom is -0.484 e. The summed E-state index contributed by atoms with van der Waals surface area (Å²) in [7, 11) is 0. The Bertz CT molecular complexity index is 919. The first-order valence-electron chi connectivity index (χ1n) is 7.90. The maximum absolute atomic E-state index is 12.0. The van der Waals surface area contributed by atoms with Crippen LogP contribution in [0.1, 0.15) is 5.56 Å². The van der Waals surface area contributed by atoms with E-state index in [4.69, 9.17) is 17.0 Å². The zero-order valence-electron chi connectivity index (χ0n) is 13.8. The molecule has 3 aromatic rings. The molecule has 3 rings (SSSR count). The number of fused-ring (bicyclic) bond motifs is 1. The van der Waals surface area contributed by atoms with E-state index in [2.05, 4.69) is 10.6 Å². The summed E-state index contributed by atoms with van der Waals surface area (Å²) in [6.45, 7) is 1.87. The molecule has 0 unspecified atom stereocenters. The molecule has 0 spiro atoms. The molecule has 0 aliphatic heterocycles. The molecule has 5 heteroatoms. The van der Waals surface area contributed by atoms with Crippen molar-refractivity contribution in [3.63, 3.8) is 0 Å². The number of ether oxygens (including phenoxy) is 1. The van der Waals surface area contributed by atoms with Crippen molar-refractivity contribution in [2.45, 2.75) is 6.92 Å². The number of thiocarbonyl (C=S) groups is 1. The lowest BCUT2D eigenvalue weighted by molar-refractivity contribution is -0.121. The van der Waals surface area contributed by atoms with Crippen LogP contribution in [0.15, 0.2) is 66.7 Å². The van der Waals surface area contributed by atoms with Crippen LogP contribution in [0.4, 0.5) is 5.69 Å². The van der Waals surface area contributed by atoms with E-state index in [-0.39, 0.29) is 17.6 Å². The molecule has 25 heavy (non-hydrogen) atoms. The lowest BCUT2D eigenvalue weighted by Gasteiger charge is -2.12. The highest BCUT2D eigenvalue weighted by Crippen LogP contribution is 2.22. The molecule has 0 saturated heterocycles. The number of hydrogen-bond donors (Lipinski definition) is 2. The van der Waals surface area contributed by atoms with Crippen LogP contribution in [0.3, 0.4) is 0 Å². The number of amides is 1. The standard InChI is InChI=1S/C20H18N2O2S/c1-14-6-4-9-16(12-14)24-13-19(23)22-20(25)21-18-11-5-8-15-7-2-3-10-17(15)18/h2-12H,13H2,1H3,(H2,21,22,23,25). The van der Waals surface area contributed by atoms with Crippen molar-refractivity contribution < 1.29 is 9.53 Å². The van der Waals surface area contributed by atoms with E-state index < -0.39 is 0 Å². The minimum atomic E-state index is -0.306. The second-order valence-electron chi connectivity index (χ2n) is 5.63. The summed E-state index contributed by atoms with van der Waals surface area (Å²) in [4.78, 5) is 12.0. The van der Waals surface area contributed by atoms with Gasteiger partial charge in [-0.25, -0.2) is 0 Å². The number of nitrogens with one attached hydrogen (secondary N) is 2. The van der Waals surface area contributed by atoms with Gasteiger partial charge in [0.15, 0.2) is 11.7 Å². The monoisotopic (exact) mass is 350 g/mol. The van der Waals surface area contributed by atoms with Crippen molar-refractivity contribution in [3.05, 3.63) is 72.3 Å². The number of hydrogen-bond acceptors (Lipinski definition) is 3. The largest absolute Gasteiger partial charge is 0.484 e. The number of carbonyl (C=O) groups excluding carboxylic acids is 1. The zero-order valence-corrected chi connectivity index (χ0v) is 14.6. The van der Waals surface area contributed by atoms with Crippen LogP contribution in [0, 0.1) is 6.92 Å². The molecule has 0 fully saturated rings. The van der Waals surface area contributed by atoms with E-state index in [1.165, 1.54) is 0 Å². The third-order valence-corrected chi connectivity index (χ3v) is 3.85. The van der Waals surface area contributed by atoms with Crippen LogP contribution in [0.25, 0.3) is 10.8 Å². The molecule has 4 nitrogen and oxygen atoms in total. The van der Waals surface area contributed by atoms with Gasteiger partial charge < -0.3 is 10.1 Å². The molecule has 0 radical (unpaired) electrons. The van der Waals surface area contributed by atoms with Crippen molar-refractivity contribution in [3.8, 4) is 5.75 Å². The maximum Gasteiger partial charge on any atom is 0.264 e. The predicted octanol–water partition coefficient (Wildman–Crippen LogP) is 4.04. The fourth-order valence-corrected chi connectivity index (χ4v) is 2.73. The summed E-state index contributed by atoms with van der Waals surface area (Å²) in [6, 6.07) is 21.4. The molecular formula is C20H18N2O2S. The van der Waals surface area contributed by atoms with Crippen molar-refractivity contribution >= 4 is 39.7 Å². The number of aryl methyl sites for hydroxylation is 1. The Morgan fingerprint density at radius 3 is 2.64 bits per heavy atom. The molecular weight excluding hydrogens is 332 g/mol. The van der Waals surface area contributed by atoms with Gasteiger partial charge in [-0.1, -0.05) is 48.5 Å². The Hall–Kier alpha value is -2.92. The third kappa shape index (κ3) is 4.55. The van der Waals surface area contributed by atoms with Crippen molar-refractivity contribution in [1.82, 2.24) is 5.32 Å². The van der Waals surface area contributed by atoms with Gasteiger partial charge >= 0.3 is 0 Å². The first-order valence-corrected chi connectivity index (χ1v) is 8.31. The SMILES string of the molecule is Cc1cccc(OCC(=O)NC(=S)Nc2cccc3ccccc23)c1. The van der Waals surface area contributed by atoms with Crippen LogP contribution < -0.4 is 15.4 Å². The van der Waals surface area contributed by atoms with Crippen LogP contribution in [0.2, 0.25) is 0 Å². The summed E-state index contributed by atoms with van der Waals surface area (Å²) in [6.07, 6.45) is 0. The van der Waals surface area contributed by atoms with Gasteiger partial charge in [0.2, 0.25) is 0 Å². The van der Waals surface area contributed by atoms with Gasteiger partial charge in [0, 0.05) is 11.1 Å². The number of anilines is 1. The molecule has 0 aliphatic carbocycles. The van der Waals surface area contributed by atoms with E-state index in [9.17, 15) is 4.79 Å². The number of benzene rings is 3. The topological polar surface area (TPSA) is 50.4 Å². The van der Waals surface area contributed by atoms with E-state index in [0.29, 0.717) is 5.75 Å². The number of carbonyl (C=O) groups is 1. The summed E-state index contributed by atoms with van der Waals surface area (Å²) in [5.74, 6) is 0.349. The van der Waals surface area contributed by atoms with E-state index in [0.717, 1.165) is 22.0 Å². The molecule has 0 saturated carbocycles. The van der Waals surface area contributed by atoms with Gasteiger partial charge in [-0.05, 0) is 48.3 Å². The van der Waals surface area contributed by atoms with Crippen molar-refractivity contribution in [2.24, 2.45) is 0 Å². The van der Waals surface area contributed by atoms with Gasteiger partial charge in [-0.3, -0.25) is 10.1 Å². The molecule has 3 aromatic carbocycles. The maximum atomic E-state index is 12.0. The highest BCUT2D eigenvalue weighted by atomic mass is 32.1. The first-order chi connectivity index (χ1) is 12.1. The first kappa shape index (κ1) is 16.9. The Kier molecular flexibility index (Phi) is 5.26. The Morgan fingerprint density at radius 1 is 1.04 bits per heavy atom. The lowest BCUT2D eigenvalue weighted by atomic mass is 10.1. The van der Waals surface area contributed by atoms with Gasteiger partial charge in [-0.2, -0.15) is 0 Å². The van der Waals surface area contributed by atoms with Gasteiger partial charge in [0.1, 0.15) is 5.75 Å². The average molecular weight is 350 g/mol. The smallest absolute Gasteiger partial charge is 0.264 e. The van der Waals surface area contributed by atoms with Crippen molar-refractivity contribution in [2.75, 3.05) is 11.9 Å². The fraction of sp³-hybridized carbons (Fsp3) is 0.100. The summed E-state index contributed by atoms with van der Waals surface area (Å²) >= 11 is 5.23. The second-order valence-corrected chi connectivity index (χ2v) is 6.04. The van der Waals surface area contributed by atoms with E-state index >= 15 is 0 Å². The van der Waals surface area contributed by atoms with E-state index in [1.807, 2.05) is 73.7 Å². The van der Waals surface area contributed by atoms with Crippen LogP contribution >= 0.6 is 12.2 Å². The van der Waals surface area contributed by atoms with E-state index in [1.54, 1.807) is 0 Å². The molecule has 0 heterocycles. The van der Waals surface area contributed by atoms with Crippen LogP contribution in [0.5, 0.6) is 5.75 Å². The third-order valence-electron chi connectivity index (χ3n) is 3.65. The normalized spacial score (nSPS) is 10.3. The van der Waals surface area contributed by atoms with Crippen LogP contribution in [-0.4, -0.2) is 17.6 Å². The minimum absolute atomic E-state index is 0.0964. The molecule has 0 atom stereocenters. The second kappa shape index (κ2) is 7.77. The molecule has 1 amide bonds. The number of rotatable bonds is 4. The highest BCUT2D eigenvalue weighted by molar-refractivity contribution is 7.80. The van der Waals surface area contributed by atoms with Crippen LogP contribution in [-0.2, 0) is 4.79 Å². The average Bonchev–Trinajstić information content (AvgIpc) is 2.60. The fourth-order valence-electron chi connectivity index (χ4n) is 2.50. The Morgan fingerprint density at radius 2 is 1.80 bits per heavy atom. The molecule has 0 aromatic heterocycles. The molecule has 0 bridgehead atoms. The van der Waals surface area contributed by atoms with Crippen molar-refractivity contribution in [1.29, 1.82) is 0 Å². The summed E-state index contributed by atoms with van der Waals surface area (Å²) < 4.78 is 5.47. The summed E-state index contributed by atoms with van der Waals surface area (Å²) in [5.41, 5.74) is 1.93. The van der Waals surface area contributed by atoms with Gasteiger partial charge in [-0.15, -0.1) is 0 Å². The molecule has 0 aliphatic rings. The quantitative estimate of drug-likeness (QED) is 0.697. The Balaban J connectivity index is 1.57. The summed E-state index contributed by atoms with van der Waals surface area (Å²) in [5, 5.41) is 8.09.